The smallest absolute Gasteiger partial charge is 0.115 e. The van der Waals surface area contributed by atoms with E-state index in [1.807, 2.05) is 45.1 Å². The van der Waals surface area contributed by atoms with Gasteiger partial charge in [0.1, 0.15) is 5.75 Å². The number of hydrogen-bond acceptors (Lipinski definition) is 2. The van der Waals surface area contributed by atoms with E-state index >= 15 is 0 Å². The van der Waals surface area contributed by atoms with Gasteiger partial charge in [-0.2, -0.15) is 0 Å². The molecule has 2 nitrogen and oxygen atoms in total. The van der Waals surface area contributed by atoms with Crippen LogP contribution in [0.4, 0.5) is 0 Å². The van der Waals surface area contributed by atoms with Gasteiger partial charge in [-0.1, -0.05) is 24.3 Å². The lowest BCUT2D eigenvalue weighted by Gasteiger charge is -2.17. The van der Waals surface area contributed by atoms with Crippen molar-refractivity contribution in [1.82, 2.24) is 0 Å². The highest BCUT2D eigenvalue weighted by atomic mass is 16.5. The van der Waals surface area contributed by atoms with E-state index in [0.29, 0.717) is 6.61 Å². The summed E-state index contributed by atoms with van der Waals surface area (Å²) in [7, 11) is 0. The molecule has 0 aliphatic carbocycles. The van der Waals surface area contributed by atoms with Gasteiger partial charge < -0.3 is 9.84 Å². The maximum absolute atomic E-state index is 9.09. The number of aromatic hydroxyl groups is 1. The largest absolute Gasteiger partial charge is 0.508 e. The molecule has 0 heterocycles. The summed E-state index contributed by atoms with van der Waals surface area (Å²) in [6, 6.07) is 7.07. The minimum atomic E-state index is -0.0979. The van der Waals surface area contributed by atoms with Crippen LogP contribution >= 0.6 is 0 Å². The van der Waals surface area contributed by atoms with Crippen molar-refractivity contribution in [3.8, 4) is 5.75 Å². The molecule has 15 heavy (non-hydrogen) atoms. The van der Waals surface area contributed by atoms with Crippen molar-refractivity contribution < 1.29 is 9.84 Å². The summed E-state index contributed by atoms with van der Waals surface area (Å²) < 4.78 is 5.54. The highest BCUT2D eigenvalue weighted by molar-refractivity contribution is 5.50. The van der Waals surface area contributed by atoms with Gasteiger partial charge in [-0.15, -0.1) is 0 Å². The Kier molecular flexibility index (Phi) is 3.92. The molecule has 0 fully saturated rings. The van der Waals surface area contributed by atoms with Crippen LogP contribution in [-0.2, 0) is 4.74 Å². The van der Waals surface area contributed by atoms with Crippen LogP contribution in [0.3, 0.4) is 0 Å². The molecule has 2 heteroatoms. The van der Waals surface area contributed by atoms with E-state index in [9.17, 15) is 0 Å². The first kappa shape index (κ1) is 11.8. The predicted octanol–water partition coefficient (Wildman–Crippen LogP) is 3.22. The van der Waals surface area contributed by atoms with Crippen LogP contribution in [0.25, 0.3) is 6.08 Å². The maximum Gasteiger partial charge on any atom is 0.115 e. The summed E-state index contributed by atoms with van der Waals surface area (Å²) in [5, 5.41) is 9.09. The number of rotatable bonds is 3. The molecule has 0 saturated carbocycles. The molecule has 0 unspecified atom stereocenters. The van der Waals surface area contributed by atoms with Crippen LogP contribution in [0.1, 0.15) is 26.3 Å². The van der Waals surface area contributed by atoms with Crippen molar-refractivity contribution in [2.75, 3.05) is 6.61 Å². The molecule has 1 N–H and O–H groups in total. The van der Waals surface area contributed by atoms with Gasteiger partial charge >= 0.3 is 0 Å². The zero-order valence-corrected chi connectivity index (χ0v) is 9.53. The fraction of sp³-hybridized carbons (Fsp3) is 0.385. The van der Waals surface area contributed by atoms with Gasteiger partial charge in [-0.3, -0.25) is 0 Å². The Morgan fingerprint density at radius 3 is 2.33 bits per heavy atom. The van der Waals surface area contributed by atoms with Gasteiger partial charge in [0.15, 0.2) is 0 Å². The summed E-state index contributed by atoms with van der Waals surface area (Å²) in [5.74, 6) is 0.290. The van der Waals surface area contributed by atoms with Gasteiger partial charge in [0.25, 0.3) is 0 Å². The van der Waals surface area contributed by atoms with Gasteiger partial charge in [0.05, 0.1) is 12.2 Å². The summed E-state index contributed by atoms with van der Waals surface area (Å²) in [6.07, 6.45) is 3.95. The summed E-state index contributed by atoms with van der Waals surface area (Å²) in [6.45, 7) is 6.69. The van der Waals surface area contributed by atoms with E-state index in [4.69, 9.17) is 9.84 Å². The summed E-state index contributed by atoms with van der Waals surface area (Å²) in [5.41, 5.74) is 0.963. The van der Waals surface area contributed by atoms with Crippen LogP contribution in [0.2, 0.25) is 0 Å². The van der Waals surface area contributed by atoms with Crippen LogP contribution in [0.5, 0.6) is 5.75 Å². The fourth-order valence-electron chi connectivity index (χ4n) is 1.07. The van der Waals surface area contributed by atoms with Crippen molar-refractivity contribution in [2.45, 2.75) is 26.4 Å². The molecule has 0 bridgehead atoms. The minimum absolute atomic E-state index is 0.0979. The van der Waals surface area contributed by atoms with Crippen molar-refractivity contribution in [2.24, 2.45) is 0 Å². The Morgan fingerprint density at radius 2 is 1.80 bits per heavy atom. The highest BCUT2D eigenvalue weighted by Crippen LogP contribution is 2.11. The second-order valence-corrected chi connectivity index (χ2v) is 4.42. The third-order valence-electron chi connectivity index (χ3n) is 1.82. The van der Waals surface area contributed by atoms with Crippen LogP contribution in [-0.4, -0.2) is 17.3 Å². The Balaban J connectivity index is 2.42. The molecule has 82 valence electrons. The first-order valence-electron chi connectivity index (χ1n) is 5.07. The summed E-state index contributed by atoms with van der Waals surface area (Å²) in [4.78, 5) is 0. The number of hydrogen-bond donors (Lipinski definition) is 1. The third kappa shape index (κ3) is 5.23. The molecule has 0 aliphatic heterocycles. The average Bonchev–Trinajstić information content (AvgIpc) is 2.14. The maximum atomic E-state index is 9.09. The van der Waals surface area contributed by atoms with Crippen LogP contribution < -0.4 is 0 Å². The minimum Gasteiger partial charge on any atom is -0.508 e. The van der Waals surface area contributed by atoms with E-state index in [2.05, 4.69) is 0 Å². The number of phenols is 1. The van der Waals surface area contributed by atoms with E-state index in [1.54, 1.807) is 12.1 Å². The molecule has 0 aromatic heterocycles. The van der Waals surface area contributed by atoms with Crippen LogP contribution in [0, 0.1) is 0 Å². The molecular formula is C13H18O2. The number of phenolic OH excluding ortho intramolecular Hbond substituents is 1. The molecule has 1 aromatic rings. The lowest BCUT2D eigenvalue weighted by Crippen LogP contribution is -2.18. The van der Waals surface area contributed by atoms with E-state index in [1.165, 1.54) is 0 Å². The highest BCUT2D eigenvalue weighted by Gasteiger charge is 2.07. The molecule has 1 rings (SSSR count). The summed E-state index contributed by atoms with van der Waals surface area (Å²) >= 11 is 0. The lowest BCUT2D eigenvalue weighted by atomic mass is 10.2. The average molecular weight is 206 g/mol. The zero-order chi connectivity index (χ0) is 11.3. The van der Waals surface area contributed by atoms with E-state index in [0.717, 1.165) is 5.56 Å². The van der Waals surface area contributed by atoms with Crippen molar-refractivity contribution in [1.29, 1.82) is 0 Å². The Labute approximate surface area is 91.2 Å². The predicted molar refractivity (Wildman–Crippen MR) is 62.8 cm³/mol. The van der Waals surface area contributed by atoms with Gasteiger partial charge in [-0.05, 0) is 38.5 Å². The van der Waals surface area contributed by atoms with Crippen molar-refractivity contribution in [3.63, 3.8) is 0 Å². The fourth-order valence-corrected chi connectivity index (χ4v) is 1.07. The van der Waals surface area contributed by atoms with Crippen molar-refractivity contribution in [3.05, 3.63) is 35.9 Å². The molecule has 0 aliphatic rings. The molecule has 0 atom stereocenters. The standard InChI is InChI=1S/C13H18O2/c1-13(2,3)15-10-4-5-11-6-8-12(14)9-7-11/h4-9,14H,10H2,1-3H3. The Hall–Kier alpha value is -1.28. The number of benzene rings is 1. The molecule has 1 aromatic carbocycles. The Bertz CT molecular complexity index is 317. The third-order valence-corrected chi connectivity index (χ3v) is 1.82. The monoisotopic (exact) mass is 206 g/mol. The number of ether oxygens (including phenoxy) is 1. The van der Waals surface area contributed by atoms with Crippen molar-refractivity contribution >= 4 is 6.08 Å². The van der Waals surface area contributed by atoms with E-state index in [-0.39, 0.29) is 11.4 Å². The van der Waals surface area contributed by atoms with Gasteiger partial charge in [0.2, 0.25) is 0 Å². The molecule has 0 spiro atoms. The quantitative estimate of drug-likeness (QED) is 0.822. The van der Waals surface area contributed by atoms with Gasteiger partial charge in [0, 0.05) is 0 Å². The van der Waals surface area contributed by atoms with Crippen LogP contribution in [0.15, 0.2) is 30.3 Å². The first-order chi connectivity index (χ1) is 6.97. The zero-order valence-electron chi connectivity index (χ0n) is 9.53. The molecule has 0 radical (unpaired) electrons. The second kappa shape index (κ2) is 4.99. The topological polar surface area (TPSA) is 29.5 Å². The Morgan fingerprint density at radius 1 is 1.20 bits per heavy atom. The molecule has 0 amide bonds. The lowest BCUT2D eigenvalue weighted by molar-refractivity contribution is 0.0152. The van der Waals surface area contributed by atoms with E-state index < -0.39 is 0 Å². The SMILES string of the molecule is CC(C)(C)OCC=Cc1ccc(O)cc1. The van der Waals surface area contributed by atoms with Gasteiger partial charge in [-0.25, -0.2) is 0 Å². The second-order valence-electron chi connectivity index (χ2n) is 4.42. The molecular weight excluding hydrogens is 188 g/mol. The first-order valence-corrected chi connectivity index (χ1v) is 5.07. The normalized spacial score (nSPS) is 12.2. The molecule has 0 saturated heterocycles.